The quantitative estimate of drug-likeness (QED) is 0.212. The molecule has 158 valence electrons. The third kappa shape index (κ3) is 6.78. The monoisotopic (exact) mass is 419 g/mol. The van der Waals surface area contributed by atoms with Crippen molar-refractivity contribution in [3.8, 4) is 0 Å². The number of hydrogen-bond acceptors (Lipinski definition) is 6. The largest absolute Gasteiger partial charge is 0.461 e. The molecule has 0 aliphatic rings. The zero-order chi connectivity index (χ0) is 22.1. The van der Waals surface area contributed by atoms with Crippen LogP contribution < -0.4 is 0 Å². The number of Topliss-reactive ketones (excluding diaryl/α,β-unsaturated/α-hetero) is 1. The number of ether oxygens (including phenoxy) is 1. The number of carbonyl (C=O) groups is 2. The van der Waals surface area contributed by atoms with E-state index in [4.69, 9.17) is 4.74 Å². The Morgan fingerprint density at radius 3 is 1.90 bits per heavy atom. The van der Waals surface area contributed by atoms with Gasteiger partial charge in [-0.3, -0.25) is 9.59 Å². The Kier molecular flexibility index (Phi) is 7.48. The van der Waals surface area contributed by atoms with Gasteiger partial charge in [0.05, 0.1) is 6.42 Å². The lowest BCUT2D eigenvalue weighted by atomic mass is 9.97. The molecule has 0 aliphatic heterocycles. The molecule has 0 spiro atoms. The van der Waals surface area contributed by atoms with E-state index in [-0.39, 0.29) is 31.8 Å². The zero-order valence-corrected chi connectivity index (χ0v) is 16.7. The average molecular weight is 419 g/mol. The van der Waals surface area contributed by atoms with Gasteiger partial charge in [0.15, 0.2) is 5.78 Å². The van der Waals surface area contributed by atoms with Crippen LogP contribution in [0.25, 0.3) is 0 Å². The lowest BCUT2D eigenvalue weighted by molar-refractivity contribution is -0.763. The van der Waals surface area contributed by atoms with Gasteiger partial charge in [0.25, 0.3) is 5.09 Å². The van der Waals surface area contributed by atoms with E-state index in [1.54, 1.807) is 36.4 Å². The molecule has 0 unspecified atom stereocenters. The van der Waals surface area contributed by atoms with Crippen molar-refractivity contribution >= 4 is 11.8 Å². The summed E-state index contributed by atoms with van der Waals surface area (Å²) in [4.78, 5) is 39.4. The van der Waals surface area contributed by atoms with Gasteiger partial charge < -0.3 is 9.57 Å². The molecular formula is C24H21NO6. The van der Waals surface area contributed by atoms with E-state index in [1.807, 2.05) is 42.5 Å². The predicted octanol–water partition coefficient (Wildman–Crippen LogP) is 4.11. The number of esters is 1. The minimum Gasteiger partial charge on any atom is -0.461 e. The molecule has 0 atom stereocenters. The smallest absolute Gasteiger partial charge is 0.310 e. The Balaban J connectivity index is 1.55. The van der Waals surface area contributed by atoms with Gasteiger partial charge in [0.1, 0.15) is 13.2 Å². The summed E-state index contributed by atoms with van der Waals surface area (Å²) in [7, 11) is 0. The first kappa shape index (κ1) is 21.7. The van der Waals surface area contributed by atoms with E-state index in [2.05, 4.69) is 4.84 Å². The highest BCUT2D eigenvalue weighted by molar-refractivity contribution is 5.97. The third-order valence-electron chi connectivity index (χ3n) is 4.66. The molecule has 7 heteroatoms. The fraction of sp³-hybridized carbons (Fsp3) is 0.167. The molecule has 0 saturated carbocycles. The Hall–Kier alpha value is -4.00. The van der Waals surface area contributed by atoms with E-state index in [9.17, 15) is 19.7 Å². The average Bonchev–Trinajstić information content (AvgIpc) is 2.79. The van der Waals surface area contributed by atoms with Crippen molar-refractivity contribution in [1.29, 1.82) is 0 Å². The van der Waals surface area contributed by atoms with Gasteiger partial charge in [-0.1, -0.05) is 78.9 Å². The second-order valence-corrected chi connectivity index (χ2v) is 6.89. The SMILES string of the molecule is O=C(Cc1ccccc1CC(=O)c1ccccc1)OCc1ccc(CO[N+](=O)[O-])cc1. The summed E-state index contributed by atoms with van der Waals surface area (Å²) in [6.07, 6.45) is 0.272. The molecule has 3 aromatic rings. The molecule has 0 N–H and O–H groups in total. The van der Waals surface area contributed by atoms with Crippen LogP contribution in [0.4, 0.5) is 0 Å². The van der Waals surface area contributed by atoms with Crippen LogP contribution in [0.3, 0.4) is 0 Å². The minimum atomic E-state index is -0.846. The van der Waals surface area contributed by atoms with Crippen molar-refractivity contribution < 1.29 is 24.3 Å². The second kappa shape index (κ2) is 10.7. The van der Waals surface area contributed by atoms with Crippen molar-refractivity contribution in [1.82, 2.24) is 0 Å². The van der Waals surface area contributed by atoms with Crippen molar-refractivity contribution in [2.45, 2.75) is 26.1 Å². The molecule has 3 aromatic carbocycles. The molecule has 0 amide bonds. The summed E-state index contributed by atoms with van der Waals surface area (Å²) < 4.78 is 5.35. The third-order valence-corrected chi connectivity index (χ3v) is 4.66. The molecule has 0 heterocycles. The molecule has 3 rings (SSSR count). The Morgan fingerprint density at radius 1 is 0.742 bits per heavy atom. The Labute approximate surface area is 179 Å². The van der Waals surface area contributed by atoms with Crippen LogP contribution in [0.15, 0.2) is 78.9 Å². The maximum Gasteiger partial charge on any atom is 0.310 e. The number of carbonyl (C=O) groups excluding carboxylic acids is 2. The standard InChI is InChI=1S/C24H21NO6/c26-23(20-6-2-1-3-7-20)14-21-8-4-5-9-22(21)15-24(27)30-16-18-10-12-19(13-11-18)17-31-25(28)29/h1-13H,14-17H2. The van der Waals surface area contributed by atoms with Crippen molar-refractivity contribution in [2.24, 2.45) is 0 Å². The molecule has 31 heavy (non-hydrogen) atoms. The van der Waals surface area contributed by atoms with Crippen LogP contribution >= 0.6 is 0 Å². The van der Waals surface area contributed by atoms with Gasteiger partial charge in [-0.15, -0.1) is 10.1 Å². The van der Waals surface area contributed by atoms with Crippen LogP contribution in [0.5, 0.6) is 0 Å². The fourth-order valence-corrected chi connectivity index (χ4v) is 3.03. The lowest BCUT2D eigenvalue weighted by Gasteiger charge is -2.10. The highest BCUT2D eigenvalue weighted by atomic mass is 16.9. The molecule has 0 aromatic heterocycles. The van der Waals surface area contributed by atoms with Crippen LogP contribution in [0.2, 0.25) is 0 Å². The van der Waals surface area contributed by atoms with Gasteiger partial charge in [-0.2, -0.15) is 0 Å². The van der Waals surface area contributed by atoms with Crippen molar-refractivity contribution in [2.75, 3.05) is 0 Å². The van der Waals surface area contributed by atoms with Gasteiger partial charge in [-0.25, -0.2) is 0 Å². The highest BCUT2D eigenvalue weighted by Gasteiger charge is 2.13. The van der Waals surface area contributed by atoms with Crippen LogP contribution in [-0.4, -0.2) is 16.8 Å². The molecular weight excluding hydrogens is 398 g/mol. The molecule has 0 aliphatic carbocycles. The Morgan fingerprint density at radius 2 is 1.29 bits per heavy atom. The predicted molar refractivity (Wildman–Crippen MR) is 113 cm³/mol. The summed E-state index contributed by atoms with van der Waals surface area (Å²) in [5.41, 5.74) is 3.58. The Bertz CT molecular complexity index is 1050. The maximum absolute atomic E-state index is 12.5. The summed E-state index contributed by atoms with van der Waals surface area (Å²) >= 11 is 0. The zero-order valence-electron chi connectivity index (χ0n) is 16.7. The summed E-state index contributed by atoms with van der Waals surface area (Å²) in [6, 6.07) is 23.2. The maximum atomic E-state index is 12.5. The van der Waals surface area contributed by atoms with Crippen molar-refractivity contribution in [3.63, 3.8) is 0 Å². The number of benzene rings is 3. The summed E-state index contributed by atoms with van der Waals surface area (Å²) in [5.74, 6) is -0.414. The van der Waals surface area contributed by atoms with Crippen LogP contribution in [0, 0.1) is 10.1 Å². The normalized spacial score (nSPS) is 10.3. The van der Waals surface area contributed by atoms with Crippen LogP contribution in [0.1, 0.15) is 32.6 Å². The van der Waals surface area contributed by atoms with Gasteiger partial charge >= 0.3 is 5.97 Å². The first-order chi connectivity index (χ1) is 15.0. The van der Waals surface area contributed by atoms with E-state index < -0.39 is 11.1 Å². The van der Waals surface area contributed by atoms with E-state index in [0.717, 1.165) is 16.7 Å². The topological polar surface area (TPSA) is 95.7 Å². The van der Waals surface area contributed by atoms with Gasteiger partial charge in [0.2, 0.25) is 0 Å². The number of ketones is 1. The summed E-state index contributed by atoms with van der Waals surface area (Å²) in [5, 5.41) is 9.38. The van der Waals surface area contributed by atoms with E-state index in [0.29, 0.717) is 11.1 Å². The van der Waals surface area contributed by atoms with Crippen molar-refractivity contribution in [3.05, 3.63) is 117 Å². The number of hydrogen-bond donors (Lipinski definition) is 0. The molecule has 0 saturated heterocycles. The first-order valence-electron chi connectivity index (χ1n) is 9.67. The number of nitrogens with zero attached hydrogens (tertiary/aromatic N) is 1. The summed E-state index contributed by atoms with van der Waals surface area (Å²) in [6.45, 7) is -0.0497. The first-order valence-corrected chi connectivity index (χ1v) is 9.67. The van der Waals surface area contributed by atoms with Gasteiger partial charge in [-0.05, 0) is 22.3 Å². The lowest BCUT2D eigenvalue weighted by Crippen LogP contribution is -2.12. The molecule has 0 fully saturated rings. The van der Waals surface area contributed by atoms with Gasteiger partial charge in [0, 0.05) is 12.0 Å². The molecule has 7 nitrogen and oxygen atoms in total. The van der Waals surface area contributed by atoms with E-state index >= 15 is 0 Å². The minimum absolute atomic E-state index is 0.0115. The molecule has 0 bridgehead atoms. The second-order valence-electron chi connectivity index (χ2n) is 6.89. The number of rotatable bonds is 10. The molecule has 0 radical (unpaired) electrons. The highest BCUT2D eigenvalue weighted by Crippen LogP contribution is 2.15. The van der Waals surface area contributed by atoms with Crippen LogP contribution in [-0.2, 0) is 40.4 Å². The van der Waals surface area contributed by atoms with E-state index in [1.165, 1.54) is 0 Å². The fourth-order valence-electron chi connectivity index (χ4n) is 3.03.